The molecular weight excluding hydrogens is 310 g/mol. The standard InChI is InChI=1S/C10H9Br2NO/c11-7-2-3-9(12)8(6-7)10(14)13-4-1-5-13/h2-3,6H,1,4-5H2. The van der Waals surface area contributed by atoms with Crippen LogP contribution in [-0.4, -0.2) is 23.9 Å². The van der Waals surface area contributed by atoms with Gasteiger partial charge in [0.25, 0.3) is 5.91 Å². The minimum atomic E-state index is 0.115. The predicted molar refractivity (Wildman–Crippen MR) is 62.4 cm³/mol. The van der Waals surface area contributed by atoms with Crippen LogP contribution >= 0.6 is 31.9 Å². The molecule has 74 valence electrons. The summed E-state index contributed by atoms with van der Waals surface area (Å²) in [7, 11) is 0. The Labute approximate surface area is 99.5 Å². The Morgan fingerprint density at radius 3 is 2.57 bits per heavy atom. The maximum Gasteiger partial charge on any atom is 0.255 e. The van der Waals surface area contributed by atoms with Gasteiger partial charge in [-0.3, -0.25) is 4.79 Å². The molecule has 4 heteroatoms. The highest BCUT2D eigenvalue weighted by Crippen LogP contribution is 2.24. The van der Waals surface area contributed by atoms with Crippen LogP contribution in [0.4, 0.5) is 0 Å². The monoisotopic (exact) mass is 317 g/mol. The van der Waals surface area contributed by atoms with Crippen LogP contribution in [-0.2, 0) is 0 Å². The minimum absolute atomic E-state index is 0.115. The zero-order valence-corrected chi connectivity index (χ0v) is 10.6. The third-order valence-electron chi connectivity index (χ3n) is 2.30. The Kier molecular flexibility index (Phi) is 2.93. The number of nitrogens with zero attached hydrogens (tertiary/aromatic N) is 1. The Morgan fingerprint density at radius 1 is 1.29 bits per heavy atom. The van der Waals surface area contributed by atoms with Gasteiger partial charge in [-0.1, -0.05) is 15.9 Å². The summed E-state index contributed by atoms with van der Waals surface area (Å²) in [6.45, 7) is 1.77. The second-order valence-corrected chi connectivity index (χ2v) is 5.04. The molecular formula is C10H9Br2NO. The minimum Gasteiger partial charge on any atom is -0.338 e. The summed E-state index contributed by atoms with van der Waals surface area (Å²) in [5, 5.41) is 0. The first kappa shape index (κ1) is 10.2. The largest absolute Gasteiger partial charge is 0.338 e. The number of benzene rings is 1. The van der Waals surface area contributed by atoms with Gasteiger partial charge in [-0.2, -0.15) is 0 Å². The van der Waals surface area contributed by atoms with E-state index in [-0.39, 0.29) is 5.91 Å². The lowest BCUT2D eigenvalue weighted by Gasteiger charge is -2.31. The highest BCUT2D eigenvalue weighted by Gasteiger charge is 2.23. The van der Waals surface area contributed by atoms with Crippen LogP contribution in [0.2, 0.25) is 0 Å². The van der Waals surface area contributed by atoms with Crippen LogP contribution in [0, 0.1) is 0 Å². The average molecular weight is 319 g/mol. The van der Waals surface area contributed by atoms with Gasteiger partial charge in [0.05, 0.1) is 5.56 Å². The van der Waals surface area contributed by atoms with Crippen molar-refractivity contribution >= 4 is 37.8 Å². The van der Waals surface area contributed by atoms with Gasteiger partial charge in [0.2, 0.25) is 0 Å². The normalized spacial score (nSPS) is 15.1. The molecule has 0 aliphatic carbocycles. The lowest BCUT2D eigenvalue weighted by Crippen LogP contribution is -2.42. The van der Waals surface area contributed by atoms with Crippen molar-refractivity contribution in [2.75, 3.05) is 13.1 Å². The van der Waals surface area contributed by atoms with Crippen LogP contribution in [0.15, 0.2) is 27.1 Å². The molecule has 1 fully saturated rings. The van der Waals surface area contributed by atoms with Crippen molar-refractivity contribution in [1.29, 1.82) is 0 Å². The second kappa shape index (κ2) is 4.03. The van der Waals surface area contributed by atoms with Crippen molar-refractivity contribution in [3.63, 3.8) is 0 Å². The van der Waals surface area contributed by atoms with Gasteiger partial charge in [-0.15, -0.1) is 0 Å². The zero-order chi connectivity index (χ0) is 10.1. The maximum atomic E-state index is 11.9. The zero-order valence-electron chi connectivity index (χ0n) is 7.46. The van der Waals surface area contributed by atoms with Crippen molar-refractivity contribution in [3.8, 4) is 0 Å². The molecule has 1 aromatic carbocycles. The fraction of sp³-hybridized carbons (Fsp3) is 0.300. The molecule has 0 N–H and O–H groups in total. The van der Waals surface area contributed by atoms with Crippen molar-refractivity contribution in [2.45, 2.75) is 6.42 Å². The summed E-state index contributed by atoms with van der Waals surface area (Å²) in [5.74, 6) is 0.115. The van der Waals surface area contributed by atoms with E-state index in [1.165, 1.54) is 0 Å². The highest BCUT2D eigenvalue weighted by atomic mass is 79.9. The van der Waals surface area contributed by atoms with Gasteiger partial charge in [-0.25, -0.2) is 0 Å². The van der Waals surface area contributed by atoms with Crippen LogP contribution < -0.4 is 0 Å². The average Bonchev–Trinajstić information content (AvgIpc) is 2.06. The Bertz CT molecular complexity index is 374. The first-order valence-electron chi connectivity index (χ1n) is 4.43. The van der Waals surface area contributed by atoms with Gasteiger partial charge in [0.15, 0.2) is 0 Å². The Hall–Kier alpha value is -0.350. The number of hydrogen-bond acceptors (Lipinski definition) is 1. The first-order chi connectivity index (χ1) is 6.68. The van der Waals surface area contributed by atoms with E-state index in [9.17, 15) is 4.79 Å². The van der Waals surface area contributed by atoms with Crippen molar-refractivity contribution in [1.82, 2.24) is 4.90 Å². The number of likely N-dealkylation sites (tertiary alicyclic amines) is 1. The highest BCUT2D eigenvalue weighted by molar-refractivity contribution is 9.11. The molecule has 0 unspecified atom stereocenters. The van der Waals surface area contributed by atoms with Crippen LogP contribution in [0.1, 0.15) is 16.8 Å². The van der Waals surface area contributed by atoms with Gasteiger partial charge >= 0.3 is 0 Å². The molecule has 2 nitrogen and oxygen atoms in total. The topological polar surface area (TPSA) is 20.3 Å². The SMILES string of the molecule is O=C(c1cc(Br)ccc1Br)N1CCC1. The van der Waals surface area contributed by atoms with E-state index in [0.717, 1.165) is 34.0 Å². The smallest absolute Gasteiger partial charge is 0.255 e. The summed E-state index contributed by atoms with van der Waals surface area (Å²) >= 11 is 6.75. The molecule has 0 radical (unpaired) electrons. The first-order valence-corrected chi connectivity index (χ1v) is 6.01. The molecule has 1 heterocycles. The number of carbonyl (C=O) groups excluding carboxylic acids is 1. The van der Waals surface area contributed by atoms with Crippen LogP contribution in [0.5, 0.6) is 0 Å². The van der Waals surface area contributed by atoms with E-state index >= 15 is 0 Å². The molecule has 1 amide bonds. The van der Waals surface area contributed by atoms with Crippen LogP contribution in [0.25, 0.3) is 0 Å². The molecule has 0 atom stereocenters. The summed E-state index contributed by atoms with van der Waals surface area (Å²) in [5.41, 5.74) is 0.735. The van der Waals surface area contributed by atoms with E-state index in [0.29, 0.717) is 0 Å². The third kappa shape index (κ3) is 1.86. The van der Waals surface area contributed by atoms with E-state index < -0.39 is 0 Å². The number of carbonyl (C=O) groups is 1. The Morgan fingerprint density at radius 2 is 2.00 bits per heavy atom. The summed E-state index contributed by atoms with van der Waals surface area (Å²) in [6.07, 6.45) is 1.12. The molecule has 0 spiro atoms. The van der Waals surface area contributed by atoms with E-state index in [4.69, 9.17) is 0 Å². The molecule has 1 aliphatic heterocycles. The lowest BCUT2D eigenvalue weighted by atomic mass is 10.1. The molecule has 14 heavy (non-hydrogen) atoms. The predicted octanol–water partition coefficient (Wildman–Crippen LogP) is 3.06. The van der Waals surface area contributed by atoms with Gasteiger partial charge in [-0.05, 0) is 40.5 Å². The van der Waals surface area contributed by atoms with E-state index in [1.807, 2.05) is 23.1 Å². The van der Waals surface area contributed by atoms with E-state index in [1.54, 1.807) is 0 Å². The van der Waals surface area contributed by atoms with Crippen molar-refractivity contribution in [3.05, 3.63) is 32.7 Å². The summed E-state index contributed by atoms with van der Waals surface area (Å²) < 4.78 is 1.79. The molecule has 0 bridgehead atoms. The Balaban J connectivity index is 2.29. The maximum absolute atomic E-state index is 11.9. The third-order valence-corrected chi connectivity index (χ3v) is 3.49. The fourth-order valence-electron chi connectivity index (χ4n) is 1.35. The van der Waals surface area contributed by atoms with Crippen molar-refractivity contribution in [2.24, 2.45) is 0 Å². The van der Waals surface area contributed by atoms with Crippen molar-refractivity contribution < 1.29 is 4.79 Å². The van der Waals surface area contributed by atoms with Gasteiger partial charge in [0, 0.05) is 22.0 Å². The van der Waals surface area contributed by atoms with Gasteiger partial charge in [0.1, 0.15) is 0 Å². The summed E-state index contributed by atoms with van der Waals surface area (Å²) in [6, 6.07) is 5.65. The number of hydrogen-bond donors (Lipinski definition) is 0. The van der Waals surface area contributed by atoms with E-state index in [2.05, 4.69) is 31.9 Å². The number of halogens is 2. The quantitative estimate of drug-likeness (QED) is 0.779. The molecule has 1 aromatic rings. The molecule has 1 aliphatic rings. The fourth-order valence-corrected chi connectivity index (χ4v) is 2.13. The molecule has 0 aromatic heterocycles. The lowest BCUT2D eigenvalue weighted by molar-refractivity contribution is 0.0651. The van der Waals surface area contributed by atoms with Gasteiger partial charge < -0.3 is 4.90 Å². The number of rotatable bonds is 1. The second-order valence-electron chi connectivity index (χ2n) is 3.27. The van der Waals surface area contributed by atoms with Crippen LogP contribution in [0.3, 0.4) is 0 Å². The molecule has 1 saturated heterocycles. The number of amides is 1. The molecule has 0 saturated carbocycles. The molecule has 2 rings (SSSR count). The summed E-state index contributed by atoms with van der Waals surface area (Å²) in [4.78, 5) is 13.7.